The number of rotatable bonds is 4. The minimum absolute atomic E-state index is 0.167. The average Bonchev–Trinajstić information content (AvgIpc) is 2.95. The second-order valence-corrected chi connectivity index (χ2v) is 9.87. The largest absolute Gasteiger partial charge is 0.453 e. The number of hydrogen-bond acceptors (Lipinski definition) is 5. The van der Waals surface area contributed by atoms with Crippen LogP contribution < -0.4 is 5.32 Å². The number of anilines is 1. The molecule has 2 aromatic rings. The molecule has 1 aliphatic heterocycles. The molecule has 0 bridgehead atoms. The summed E-state index contributed by atoms with van der Waals surface area (Å²) in [6.45, 7) is 0.865. The van der Waals surface area contributed by atoms with Crippen LogP contribution in [0.25, 0.3) is 0 Å². The molecule has 28 heavy (non-hydrogen) atoms. The first-order valence-electron chi connectivity index (χ1n) is 8.73. The lowest BCUT2D eigenvalue weighted by Crippen LogP contribution is -2.33. The Morgan fingerprint density at radius 3 is 2.57 bits per heavy atom. The van der Waals surface area contributed by atoms with E-state index in [-0.39, 0.29) is 10.1 Å². The van der Waals surface area contributed by atoms with E-state index in [1.54, 1.807) is 23.9 Å². The third-order valence-corrected chi connectivity index (χ3v) is 8.04. The third kappa shape index (κ3) is 4.81. The molecule has 150 valence electrons. The molecule has 9 heteroatoms. The number of halogens is 1. The molecule has 1 aliphatic rings. The van der Waals surface area contributed by atoms with Crippen molar-refractivity contribution in [3.63, 3.8) is 0 Å². The lowest BCUT2D eigenvalue weighted by Gasteiger charge is -2.20. The van der Waals surface area contributed by atoms with E-state index in [1.165, 1.54) is 23.5 Å². The minimum Gasteiger partial charge on any atom is -0.453 e. The van der Waals surface area contributed by atoms with E-state index in [1.807, 2.05) is 24.3 Å². The van der Waals surface area contributed by atoms with Gasteiger partial charge in [-0.1, -0.05) is 29.8 Å². The second-order valence-electron chi connectivity index (χ2n) is 6.21. The van der Waals surface area contributed by atoms with E-state index in [9.17, 15) is 13.2 Å². The molecule has 1 N–H and O–H groups in total. The van der Waals surface area contributed by atoms with Crippen molar-refractivity contribution < 1.29 is 17.9 Å². The minimum atomic E-state index is -3.61. The van der Waals surface area contributed by atoms with Gasteiger partial charge in [0.1, 0.15) is 0 Å². The SMILES string of the molecule is COC(=O)Nc1ccc(S(=O)(=O)N2CCSC(c3ccccc3Cl)CC2)cc1. The van der Waals surface area contributed by atoms with Crippen LogP contribution >= 0.6 is 23.4 Å². The molecule has 3 rings (SSSR count). The quantitative estimate of drug-likeness (QED) is 0.763. The Kier molecular flexibility index (Phi) is 6.87. The van der Waals surface area contributed by atoms with E-state index < -0.39 is 16.1 Å². The van der Waals surface area contributed by atoms with Crippen LogP contribution in [0.1, 0.15) is 17.2 Å². The predicted molar refractivity (Wildman–Crippen MR) is 112 cm³/mol. The van der Waals surface area contributed by atoms with Gasteiger partial charge in [0.05, 0.1) is 12.0 Å². The highest BCUT2D eigenvalue weighted by Gasteiger charge is 2.29. The summed E-state index contributed by atoms with van der Waals surface area (Å²) in [7, 11) is -2.34. The van der Waals surface area contributed by atoms with Gasteiger partial charge in [0.15, 0.2) is 0 Å². The van der Waals surface area contributed by atoms with Crippen LogP contribution in [0.2, 0.25) is 5.02 Å². The number of amides is 1. The number of nitrogens with one attached hydrogen (secondary N) is 1. The first-order valence-corrected chi connectivity index (χ1v) is 11.6. The van der Waals surface area contributed by atoms with Crippen molar-refractivity contribution in [2.24, 2.45) is 0 Å². The van der Waals surface area contributed by atoms with E-state index in [2.05, 4.69) is 10.1 Å². The van der Waals surface area contributed by atoms with Gasteiger partial charge in [-0.2, -0.15) is 16.1 Å². The summed E-state index contributed by atoms with van der Waals surface area (Å²) in [6.07, 6.45) is 0.0843. The molecule has 2 aromatic carbocycles. The molecule has 1 unspecified atom stereocenters. The monoisotopic (exact) mass is 440 g/mol. The fraction of sp³-hybridized carbons (Fsp3) is 0.316. The van der Waals surface area contributed by atoms with Crippen molar-refractivity contribution in [1.82, 2.24) is 4.31 Å². The summed E-state index contributed by atoms with van der Waals surface area (Å²) in [6, 6.07) is 13.8. The highest BCUT2D eigenvalue weighted by molar-refractivity contribution is 7.99. The van der Waals surface area contributed by atoms with Crippen LogP contribution in [0.3, 0.4) is 0 Å². The molecule has 0 aromatic heterocycles. The van der Waals surface area contributed by atoms with Gasteiger partial charge in [-0.05, 0) is 42.3 Å². The van der Waals surface area contributed by atoms with Gasteiger partial charge in [-0.25, -0.2) is 13.2 Å². The Labute approximate surface area is 174 Å². The molecule has 1 fully saturated rings. The third-order valence-electron chi connectivity index (χ3n) is 4.48. The number of hydrogen-bond donors (Lipinski definition) is 1. The number of sulfonamides is 1. The standard InChI is InChI=1S/C19H21ClN2O4S2/c1-26-19(23)21-14-6-8-15(9-7-14)28(24,25)22-11-10-18(27-13-12-22)16-4-2-3-5-17(16)20/h2-9,18H,10-13H2,1H3,(H,21,23). The molecule has 1 saturated heterocycles. The van der Waals surface area contributed by atoms with Crippen molar-refractivity contribution in [2.75, 3.05) is 31.3 Å². The van der Waals surface area contributed by atoms with Crippen molar-refractivity contribution >= 4 is 45.2 Å². The second kappa shape index (κ2) is 9.17. The van der Waals surface area contributed by atoms with E-state index in [4.69, 9.17) is 11.6 Å². The van der Waals surface area contributed by atoms with Crippen LogP contribution in [-0.2, 0) is 14.8 Å². The smallest absolute Gasteiger partial charge is 0.411 e. The fourth-order valence-electron chi connectivity index (χ4n) is 3.00. The normalized spacial score (nSPS) is 18.3. The van der Waals surface area contributed by atoms with Crippen molar-refractivity contribution in [2.45, 2.75) is 16.6 Å². The maximum absolute atomic E-state index is 13.0. The van der Waals surface area contributed by atoms with Gasteiger partial charge in [-0.3, -0.25) is 5.32 Å². The van der Waals surface area contributed by atoms with Crippen LogP contribution in [0, 0.1) is 0 Å². The Hall–Kier alpha value is -1.74. The molecular formula is C19H21ClN2O4S2. The highest BCUT2D eigenvalue weighted by atomic mass is 35.5. The van der Waals surface area contributed by atoms with Crippen molar-refractivity contribution in [3.05, 3.63) is 59.1 Å². The van der Waals surface area contributed by atoms with Crippen molar-refractivity contribution in [1.29, 1.82) is 0 Å². The summed E-state index contributed by atoms with van der Waals surface area (Å²) in [5, 5.41) is 3.38. The molecular weight excluding hydrogens is 420 g/mol. The van der Waals surface area contributed by atoms with Gasteiger partial charge in [0.25, 0.3) is 0 Å². The first kappa shape index (κ1) is 21.0. The maximum atomic E-state index is 13.0. The molecule has 1 heterocycles. The molecule has 0 aliphatic carbocycles. The molecule has 6 nitrogen and oxygen atoms in total. The zero-order chi connectivity index (χ0) is 20.1. The molecule has 1 amide bonds. The van der Waals surface area contributed by atoms with Crippen LogP contribution in [0.4, 0.5) is 10.5 Å². The molecule has 0 saturated carbocycles. The lowest BCUT2D eigenvalue weighted by molar-refractivity contribution is 0.187. The van der Waals surface area contributed by atoms with E-state index in [0.717, 1.165) is 5.56 Å². The maximum Gasteiger partial charge on any atom is 0.411 e. The summed E-state index contributed by atoms with van der Waals surface area (Å²) >= 11 is 8.04. The fourth-order valence-corrected chi connectivity index (χ4v) is 6.17. The van der Waals surface area contributed by atoms with Gasteiger partial charge in [-0.15, -0.1) is 0 Å². The number of nitrogens with zero attached hydrogens (tertiary/aromatic N) is 1. The molecule has 0 radical (unpaired) electrons. The zero-order valence-corrected chi connectivity index (χ0v) is 17.7. The summed E-state index contributed by atoms with van der Waals surface area (Å²) in [4.78, 5) is 11.4. The summed E-state index contributed by atoms with van der Waals surface area (Å²) < 4.78 is 32.1. The van der Waals surface area contributed by atoms with Gasteiger partial charge >= 0.3 is 6.09 Å². The van der Waals surface area contributed by atoms with Crippen molar-refractivity contribution in [3.8, 4) is 0 Å². The van der Waals surface area contributed by atoms with E-state index in [0.29, 0.717) is 36.0 Å². The predicted octanol–water partition coefficient (Wildman–Crippen LogP) is 4.39. The lowest BCUT2D eigenvalue weighted by atomic mass is 10.1. The van der Waals surface area contributed by atoms with Crippen LogP contribution in [0.15, 0.2) is 53.4 Å². The van der Waals surface area contributed by atoms with Gasteiger partial charge in [0.2, 0.25) is 10.0 Å². The number of benzene rings is 2. The van der Waals surface area contributed by atoms with E-state index >= 15 is 0 Å². The Morgan fingerprint density at radius 1 is 1.18 bits per heavy atom. The summed E-state index contributed by atoms with van der Waals surface area (Å²) in [5.41, 5.74) is 1.52. The molecule has 1 atom stereocenters. The number of carbonyl (C=O) groups is 1. The van der Waals surface area contributed by atoms with Gasteiger partial charge < -0.3 is 4.74 Å². The number of methoxy groups -OCH3 is 1. The Balaban J connectivity index is 1.72. The zero-order valence-electron chi connectivity index (χ0n) is 15.3. The van der Waals surface area contributed by atoms with Crippen LogP contribution in [-0.4, -0.2) is 44.8 Å². The first-order chi connectivity index (χ1) is 13.4. The number of carbonyl (C=O) groups excluding carboxylic acids is 1. The molecule has 0 spiro atoms. The number of ether oxygens (including phenoxy) is 1. The van der Waals surface area contributed by atoms with Gasteiger partial charge in [0, 0.05) is 34.8 Å². The highest BCUT2D eigenvalue weighted by Crippen LogP contribution is 2.38. The summed E-state index contributed by atoms with van der Waals surface area (Å²) in [5.74, 6) is 0.692. The average molecular weight is 441 g/mol. The Morgan fingerprint density at radius 2 is 1.89 bits per heavy atom. The van der Waals surface area contributed by atoms with Crippen LogP contribution in [0.5, 0.6) is 0 Å². The Bertz CT molecular complexity index is 935. The number of thioether (sulfide) groups is 1. The topological polar surface area (TPSA) is 75.7 Å².